The molecule has 2 nitrogen and oxygen atoms in total. The molecular weight excluding hydrogens is 509 g/mol. The van der Waals surface area contributed by atoms with Crippen molar-refractivity contribution in [1.29, 1.82) is 0 Å². The van der Waals surface area contributed by atoms with Crippen molar-refractivity contribution in [2.24, 2.45) is 0 Å². The fraction of sp³-hybridized carbons (Fsp3) is 0.429. The van der Waals surface area contributed by atoms with Gasteiger partial charge >= 0.3 is 0 Å². The highest BCUT2D eigenvalue weighted by molar-refractivity contribution is 5.71. The van der Waals surface area contributed by atoms with E-state index >= 15 is 4.39 Å². The number of halogens is 3. The molecule has 0 saturated carbocycles. The zero-order valence-electron chi connectivity index (χ0n) is 23.7. The van der Waals surface area contributed by atoms with Crippen molar-refractivity contribution < 1.29 is 22.6 Å². The van der Waals surface area contributed by atoms with Gasteiger partial charge in [-0.3, -0.25) is 0 Å². The maximum absolute atomic E-state index is 15.1. The third-order valence-corrected chi connectivity index (χ3v) is 7.69. The molecule has 5 heteroatoms. The Morgan fingerprint density at radius 2 is 1.48 bits per heavy atom. The minimum absolute atomic E-state index is 0.142. The van der Waals surface area contributed by atoms with Gasteiger partial charge in [0.2, 0.25) is 0 Å². The summed E-state index contributed by atoms with van der Waals surface area (Å²) in [5, 5.41) is 0. The molecule has 0 N–H and O–H groups in total. The number of benzene rings is 3. The van der Waals surface area contributed by atoms with Gasteiger partial charge in [-0.1, -0.05) is 93.3 Å². The fourth-order valence-corrected chi connectivity index (χ4v) is 5.27. The van der Waals surface area contributed by atoms with Crippen molar-refractivity contribution >= 4 is 0 Å². The van der Waals surface area contributed by atoms with E-state index < -0.39 is 11.6 Å². The molecule has 0 unspecified atom stereocenters. The zero-order valence-corrected chi connectivity index (χ0v) is 23.7. The van der Waals surface area contributed by atoms with Crippen molar-refractivity contribution in [2.45, 2.75) is 83.8 Å². The Morgan fingerprint density at radius 1 is 0.775 bits per heavy atom. The highest BCUT2D eigenvalue weighted by atomic mass is 19.2. The van der Waals surface area contributed by atoms with E-state index in [9.17, 15) is 8.78 Å². The van der Waals surface area contributed by atoms with Gasteiger partial charge in [0, 0.05) is 11.5 Å². The number of ether oxygens (including phenoxy) is 2. The first-order valence-corrected chi connectivity index (χ1v) is 14.7. The van der Waals surface area contributed by atoms with E-state index in [1.165, 1.54) is 31.7 Å². The monoisotopic (exact) mass is 550 g/mol. The number of allylic oxidation sites excluding steroid dienone is 2. The second-order valence-electron chi connectivity index (χ2n) is 10.7. The molecule has 1 heterocycles. The predicted molar refractivity (Wildman–Crippen MR) is 157 cm³/mol. The second kappa shape index (κ2) is 15.2. The summed E-state index contributed by atoms with van der Waals surface area (Å²) in [5.74, 6) is -2.05. The molecular formula is C35H41F3O2. The Balaban J connectivity index is 1.36. The van der Waals surface area contributed by atoms with Crippen LogP contribution < -0.4 is 0 Å². The molecule has 3 aromatic carbocycles. The molecule has 1 aliphatic heterocycles. The van der Waals surface area contributed by atoms with Crippen LogP contribution in [0.3, 0.4) is 0 Å². The van der Waals surface area contributed by atoms with Crippen LogP contribution >= 0.6 is 0 Å². The minimum atomic E-state index is -0.831. The number of aryl methyl sites for hydroxylation is 1. The van der Waals surface area contributed by atoms with E-state index in [0.29, 0.717) is 36.3 Å². The minimum Gasteiger partial charge on any atom is -0.352 e. The van der Waals surface area contributed by atoms with Gasteiger partial charge in [-0.2, -0.15) is 0 Å². The first-order chi connectivity index (χ1) is 19.5. The van der Waals surface area contributed by atoms with Crippen LogP contribution in [0, 0.1) is 17.5 Å². The molecule has 4 rings (SSSR count). The largest absolute Gasteiger partial charge is 0.352 e. The number of hydrogen-bond donors (Lipinski definition) is 0. The average molecular weight is 551 g/mol. The first-order valence-electron chi connectivity index (χ1n) is 14.7. The Bertz CT molecular complexity index is 1240. The van der Waals surface area contributed by atoms with Gasteiger partial charge in [0.1, 0.15) is 5.82 Å². The van der Waals surface area contributed by atoms with Crippen LogP contribution in [-0.4, -0.2) is 19.5 Å². The quantitative estimate of drug-likeness (QED) is 0.156. The molecule has 214 valence electrons. The van der Waals surface area contributed by atoms with E-state index in [4.69, 9.17) is 9.47 Å². The highest BCUT2D eigenvalue weighted by Crippen LogP contribution is 2.32. The first kappa shape index (κ1) is 30.1. The van der Waals surface area contributed by atoms with Crippen molar-refractivity contribution in [1.82, 2.24) is 0 Å². The van der Waals surface area contributed by atoms with Gasteiger partial charge in [-0.15, -0.1) is 0 Å². The molecule has 0 aliphatic carbocycles. The summed E-state index contributed by atoms with van der Waals surface area (Å²) in [6.07, 6.45) is 12.8. The summed E-state index contributed by atoms with van der Waals surface area (Å²) >= 11 is 0. The van der Waals surface area contributed by atoms with Crippen LogP contribution in [-0.2, 0) is 15.9 Å². The van der Waals surface area contributed by atoms with Crippen LogP contribution in [0.15, 0.2) is 66.7 Å². The Labute approximate surface area is 237 Å². The molecule has 0 amide bonds. The molecule has 0 bridgehead atoms. The lowest BCUT2D eigenvalue weighted by Crippen LogP contribution is -2.31. The van der Waals surface area contributed by atoms with Crippen LogP contribution in [0.1, 0.15) is 82.3 Å². The molecule has 1 saturated heterocycles. The predicted octanol–water partition coefficient (Wildman–Crippen LogP) is 10.2. The summed E-state index contributed by atoms with van der Waals surface area (Å²) in [6, 6.07) is 15.6. The van der Waals surface area contributed by atoms with E-state index in [1.54, 1.807) is 30.3 Å². The summed E-state index contributed by atoms with van der Waals surface area (Å²) < 4.78 is 56.5. The van der Waals surface area contributed by atoms with Crippen LogP contribution in [0.25, 0.3) is 22.3 Å². The lowest BCUT2D eigenvalue weighted by atomic mass is 9.94. The Hall–Kier alpha value is -2.89. The maximum atomic E-state index is 15.1. The molecule has 0 aromatic heterocycles. The van der Waals surface area contributed by atoms with Gasteiger partial charge in [0.15, 0.2) is 17.9 Å². The SMILES string of the molecule is CC=CCCCc1ccc(-c2ccc(-c3ccc(C4COC(CCCCCCC)OC4)c(F)c3)cc2)c(F)c1F. The van der Waals surface area contributed by atoms with Crippen molar-refractivity contribution in [2.75, 3.05) is 13.2 Å². The van der Waals surface area contributed by atoms with Gasteiger partial charge < -0.3 is 9.47 Å². The van der Waals surface area contributed by atoms with Crippen molar-refractivity contribution in [3.05, 3.63) is 95.3 Å². The van der Waals surface area contributed by atoms with E-state index in [0.717, 1.165) is 36.8 Å². The van der Waals surface area contributed by atoms with Gasteiger partial charge in [-0.05, 0) is 72.9 Å². The van der Waals surface area contributed by atoms with Crippen molar-refractivity contribution in [3.8, 4) is 22.3 Å². The number of rotatable bonds is 13. The topological polar surface area (TPSA) is 18.5 Å². The average Bonchev–Trinajstić information content (AvgIpc) is 2.98. The molecule has 3 aromatic rings. The molecule has 0 atom stereocenters. The van der Waals surface area contributed by atoms with Crippen molar-refractivity contribution in [3.63, 3.8) is 0 Å². The summed E-state index contributed by atoms with van der Waals surface area (Å²) in [4.78, 5) is 0. The molecule has 0 spiro atoms. The molecule has 0 radical (unpaired) electrons. The standard InChI is InChI=1S/C35H41F3O2/c1-3-5-7-9-11-13-33-39-23-29(24-40-33)30-20-19-28(22-32(30)36)25-14-16-26(17-15-25)31-21-18-27(34(37)35(31)38)12-10-8-6-4-2/h4,6,14-22,29,33H,3,5,7-13,23-24H2,1-2H3. The summed E-state index contributed by atoms with van der Waals surface area (Å²) in [7, 11) is 0. The lowest BCUT2D eigenvalue weighted by molar-refractivity contribution is -0.190. The van der Waals surface area contributed by atoms with Gasteiger partial charge in [-0.25, -0.2) is 13.2 Å². The highest BCUT2D eigenvalue weighted by Gasteiger charge is 2.25. The van der Waals surface area contributed by atoms with Crippen LogP contribution in [0.2, 0.25) is 0 Å². The zero-order chi connectivity index (χ0) is 28.3. The smallest absolute Gasteiger partial charge is 0.166 e. The lowest BCUT2D eigenvalue weighted by Gasteiger charge is -2.30. The molecule has 40 heavy (non-hydrogen) atoms. The third kappa shape index (κ3) is 7.86. The fourth-order valence-electron chi connectivity index (χ4n) is 5.27. The maximum Gasteiger partial charge on any atom is 0.166 e. The van der Waals surface area contributed by atoms with E-state index in [-0.39, 0.29) is 23.6 Å². The Morgan fingerprint density at radius 3 is 2.17 bits per heavy atom. The van der Waals surface area contributed by atoms with E-state index in [2.05, 4.69) is 6.92 Å². The normalized spacial score (nSPS) is 17.5. The summed E-state index contributed by atoms with van der Waals surface area (Å²) in [5.41, 5.74) is 3.30. The second-order valence-corrected chi connectivity index (χ2v) is 10.7. The van der Waals surface area contributed by atoms with Gasteiger partial charge in [0.25, 0.3) is 0 Å². The van der Waals surface area contributed by atoms with Gasteiger partial charge in [0.05, 0.1) is 13.2 Å². The molecule has 1 fully saturated rings. The van der Waals surface area contributed by atoms with Crippen LogP contribution in [0.5, 0.6) is 0 Å². The number of unbranched alkanes of at least 4 members (excludes halogenated alkanes) is 5. The number of hydrogen-bond acceptors (Lipinski definition) is 2. The molecule has 1 aliphatic rings. The van der Waals surface area contributed by atoms with Crippen LogP contribution in [0.4, 0.5) is 13.2 Å². The third-order valence-electron chi connectivity index (χ3n) is 7.69. The summed E-state index contributed by atoms with van der Waals surface area (Å²) in [6.45, 7) is 5.04. The van der Waals surface area contributed by atoms with E-state index in [1.807, 2.05) is 37.3 Å². The Kier molecular flexibility index (Phi) is 11.4.